The van der Waals surface area contributed by atoms with Crippen molar-refractivity contribution in [1.29, 1.82) is 0 Å². The first-order valence-corrected chi connectivity index (χ1v) is 10.1. The van der Waals surface area contributed by atoms with Crippen molar-refractivity contribution in [3.05, 3.63) is 53.6 Å². The highest BCUT2D eigenvalue weighted by Gasteiger charge is 2.31. The van der Waals surface area contributed by atoms with E-state index in [4.69, 9.17) is 16.3 Å². The van der Waals surface area contributed by atoms with E-state index in [0.29, 0.717) is 23.0 Å². The predicted molar refractivity (Wildman–Crippen MR) is 115 cm³/mol. The molecule has 0 aliphatic carbocycles. The van der Waals surface area contributed by atoms with E-state index < -0.39 is 0 Å². The van der Waals surface area contributed by atoms with E-state index in [2.05, 4.69) is 15.5 Å². The molecular weight excluding hydrogens is 390 g/mol. The highest BCUT2D eigenvalue weighted by molar-refractivity contribution is 6.32. The summed E-state index contributed by atoms with van der Waals surface area (Å²) in [5.74, 6) is 0.279. The Bertz CT molecular complexity index is 860. The van der Waals surface area contributed by atoms with Gasteiger partial charge < -0.3 is 15.4 Å². The van der Waals surface area contributed by atoms with Gasteiger partial charge in [-0.25, -0.2) is 0 Å². The van der Waals surface area contributed by atoms with Crippen molar-refractivity contribution in [3.63, 3.8) is 0 Å². The van der Waals surface area contributed by atoms with E-state index in [1.807, 2.05) is 37.3 Å². The predicted octanol–water partition coefficient (Wildman–Crippen LogP) is 4.03. The van der Waals surface area contributed by atoms with Crippen LogP contribution in [0.2, 0.25) is 5.02 Å². The van der Waals surface area contributed by atoms with Crippen LogP contribution < -0.4 is 15.4 Å². The highest BCUT2D eigenvalue weighted by atomic mass is 35.5. The Balaban J connectivity index is 1.58. The molecule has 2 aromatic carbocycles. The number of anilines is 2. The molecule has 2 atom stereocenters. The largest absolute Gasteiger partial charge is 0.495 e. The number of carbonyl (C=O) groups is 2. The van der Waals surface area contributed by atoms with Gasteiger partial charge in [-0.1, -0.05) is 29.8 Å². The number of rotatable bonds is 6. The molecule has 0 aromatic heterocycles. The van der Waals surface area contributed by atoms with Crippen LogP contribution in [0.3, 0.4) is 0 Å². The number of piperidine rings is 1. The van der Waals surface area contributed by atoms with Crippen LogP contribution in [0.5, 0.6) is 5.75 Å². The summed E-state index contributed by atoms with van der Waals surface area (Å²) in [6.45, 7) is 3.20. The molecule has 3 rings (SSSR count). The molecule has 2 N–H and O–H groups in total. The van der Waals surface area contributed by atoms with Gasteiger partial charge in [0.25, 0.3) is 0 Å². The van der Waals surface area contributed by atoms with E-state index in [9.17, 15) is 9.59 Å². The van der Waals surface area contributed by atoms with Crippen LogP contribution in [0.4, 0.5) is 11.4 Å². The van der Waals surface area contributed by atoms with E-state index >= 15 is 0 Å². The van der Waals surface area contributed by atoms with Crippen molar-refractivity contribution in [2.24, 2.45) is 5.92 Å². The van der Waals surface area contributed by atoms with Gasteiger partial charge in [-0.2, -0.15) is 0 Å². The zero-order valence-corrected chi connectivity index (χ0v) is 17.4. The smallest absolute Gasteiger partial charge is 0.241 e. The summed E-state index contributed by atoms with van der Waals surface area (Å²) in [6.07, 6.45) is 1.69. The summed E-state index contributed by atoms with van der Waals surface area (Å²) >= 11 is 6.13. The van der Waals surface area contributed by atoms with Crippen LogP contribution in [-0.2, 0) is 9.59 Å². The van der Waals surface area contributed by atoms with Gasteiger partial charge in [0, 0.05) is 17.9 Å². The number of nitrogens with zero attached hydrogens (tertiary/aromatic N) is 1. The first-order valence-electron chi connectivity index (χ1n) is 9.72. The van der Waals surface area contributed by atoms with Gasteiger partial charge >= 0.3 is 0 Å². The zero-order chi connectivity index (χ0) is 20.8. The first kappa shape index (κ1) is 21.1. The standard InChI is InChI=1S/C22H26ClN3O3/c1-15(21(27)25-18-10-11-20(29-2)19(23)13-18)26-12-6-7-16(14-26)22(28)24-17-8-4-3-5-9-17/h3-5,8-11,13,15-16H,6-7,12,14H2,1-2H3,(H,24,28)(H,25,27). The minimum Gasteiger partial charge on any atom is -0.495 e. The first-order chi connectivity index (χ1) is 14.0. The summed E-state index contributed by atoms with van der Waals surface area (Å²) in [5.41, 5.74) is 1.40. The number of para-hydroxylation sites is 1. The van der Waals surface area contributed by atoms with Crippen LogP contribution in [0.15, 0.2) is 48.5 Å². The fourth-order valence-electron chi connectivity index (χ4n) is 3.49. The number of likely N-dealkylation sites (tertiary alicyclic amines) is 1. The van der Waals surface area contributed by atoms with Gasteiger partial charge in [0.05, 0.1) is 24.1 Å². The second-order valence-electron chi connectivity index (χ2n) is 7.20. The van der Waals surface area contributed by atoms with Crippen LogP contribution in [0.25, 0.3) is 0 Å². The van der Waals surface area contributed by atoms with Crippen LogP contribution in [-0.4, -0.2) is 43.0 Å². The highest BCUT2D eigenvalue weighted by Crippen LogP contribution is 2.27. The van der Waals surface area contributed by atoms with Gasteiger partial charge in [0.15, 0.2) is 0 Å². The molecule has 6 nitrogen and oxygen atoms in total. The number of methoxy groups -OCH3 is 1. The Hall–Kier alpha value is -2.57. The molecule has 1 heterocycles. The summed E-state index contributed by atoms with van der Waals surface area (Å²) in [4.78, 5) is 27.4. The van der Waals surface area contributed by atoms with Crippen molar-refractivity contribution >= 4 is 34.8 Å². The maximum absolute atomic E-state index is 12.7. The number of halogens is 1. The molecular formula is C22H26ClN3O3. The third-order valence-corrected chi connectivity index (χ3v) is 5.51. The van der Waals surface area contributed by atoms with Crippen LogP contribution in [0.1, 0.15) is 19.8 Å². The lowest BCUT2D eigenvalue weighted by Gasteiger charge is -2.35. The lowest BCUT2D eigenvalue weighted by molar-refractivity contribution is -0.125. The summed E-state index contributed by atoms with van der Waals surface area (Å²) in [6, 6.07) is 14.2. The monoisotopic (exact) mass is 415 g/mol. The quantitative estimate of drug-likeness (QED) is 0.747. The van der Waals surface area contributed by atoms with Gasteiger partial charge in [-0.15, -0.1) is 0 Å². The fourth-order valence-corrected chi connectivity index (χ4v) is 3.75. The Labute approximate surface area is 176 Å². The molecule has 0 bridgehead atoms. The number of hydrogen-bond donors (Lipinski definition) is 2. The molecule has 1 aliphatic rings. The molecule has 29 heavy (non-hydrogen) atoms. The zero-order valence-electron chi connectivity index (χ0n) is 16.7. The van der Waals surface area contributed by atoms with E-state index in [1.54, 1.807) is 25.3 Å². The number of ether oxygens (including phenoxy) is 1. The average molecular weight is 416 g/mol. The maximum atomic E-state index is 12.7. The normalized spacial score (nSPS) is 18.0. The molecule has 2 aromatic rings. The van der Waals surface area contributed by atoms with Crippen molar-refractivity contribution in [1.82, 2.24) is 4.90 Å². The molecule has 0 spiro atoms. The second kappa shape index (κ2) is 9.76. The summed E-state index contributed by atoms with van der Waals surface area (Å²) < 4.78 is 5.13. The lowest BCUT2D eigenvalue weighted by Crippen LogP contribution is -2.49. The number of amides is 2. The molecule has 7 heteroatoms. The van der Waals surface area contributed by atoms with Gasteiger partial charge in [-0.3, -0.25) is 14.5 Å². The Morgan fingerprint density at radius 3 is 2.59 bits per heavy atom. The van der Waals surface area contributed by atoms with Gasteiger partial charge in [-0.05, 0) is 56.6 Å². The molecule has 0 radical (unpaired) electrons. The Morgan fingerprint density at radius 1 is 1.14 bits per heavy atom. The molecule has 154 valence electrons. The van der Waals surface area contributed by atoms with Gasteiger partial charge in [0.1, 0.15) is 5.75 Å². The lowest BCUT2D eigenvalue weighted by atomic mass is 9.95. The summed E-state index contributed by atoms with van der Waals surface area (Å²) in [7, 11) is 1.54. The van der Waals surface area contributed by atoms with Crippen molar-refractivity contribution in [2.45, 2.75) is 25.8 Å². The maximum Gasteiger partial charge on any atom is 0.241 e. The SMILES string of the molecule is COc1ccc(NC(=O)C(C)N2CCCC(C(=O)Nc3ccccc3)C2)cc1Cl. The van der Waals surface area contributed by atoms with E-state index in [1.165, 1.54) is 0 Å². The molecule has 1 aliphatic heterocycles. The van der Waals surface area contributed by atoms with Crippen molar-refractivity contribution < 1.29 is 14.3 Å². The van der Waals surface area contributed by atoms with E-state index in [0.717, 1.165) is 25.1 Å². The van der Waals surface area contributed by atoms with Crippen LogP contribution in [0, 0.1) is 5.92 Å². The van der Waals surface area contributed by atoms with Crippen molar-refractivity contribution in [3.8, 4) is 5.75 Å². The Kier molecular flexibility index (Phi) is 7.12. The molecule has 2 unspecified atom stereocenters. The van der Waals surface area contributed by atoms with Crippen LogP contribution >= 0.6 is 11.6 Å². The van der Waals surface area contributed by atoms with E-state index in [-0.39, 0.29) is 23.8 Å². The number of benzene rings is 2. The number of nitrogens with one attached hydrogen (secondary N) is 2. The van der Waals surface area contributed by atoms with Crippen molar-refractivity contribution in [2.75, 3.05) is 30.8 Å². The molecule has 2 amide bonds. The topological polar surface area (TPSA) is 70.7 Å². The average Bonchev–Trinajstić information content (AvgIpc) is 2.74. The fraction of sp³-hybridized carbons (Fsp3) is 0.364. The minimum atomic E-state index is -0.358. The second-order valence-corrected chi connectivity index (χ2v) is 7.61. The Morgan fingerprint density at radius 2 is 1.90 bits per heavy atom. The molecule has 1 saturated heterocycles. The molecule has 0 saturated carbocycles. The van der Waals surface area contributed by atoms with Gasteiger partial charge in [0.2, 0.25) is 11.8 Å². The number of hydrogen-bond acceptors (Lipinski definition) is 4. The third kappa shape index (κ3) is 5.49. The number of carbonyl (C=O) groups excluding carboxylic acids is 2. The minimum absolute atomic E-state index is 0.00422. The molecule has 1 fully saturated rings. The summed E-state index contributed by atoms with van der Waals surface area (Å²) in [5, 5.41) is 6.30. The third-order valence-electron chi connectivity index (χ3n) is 5.21.